The van der Waals surface area contributed by atoms with Gasteiger partial charge in [0, 0.05) is 0 Å². The number of hydrogen-bond donors (Lipinski definition) is 0. The summed E-state index contributed by atoms with van der Waals surface area (Å²) in [6.45, 7) is 24.7. The van der Waals surface area contributed by atoms with Gasteiger partial charge in [-0.25, -0.2) is 5.57 Å². The van der Waals surface area contributed by atoms with Crippen molar-refractivity contribution in [1.29, 1.82) is 0 Å². The Balaban J connectivity index is 0.000000354. The first kappa shape index (κ1) is 38.5. The topological polar surface area (TPSA) is 0 Å². The molecule has 0 heterocycles. The van der Waals surface area contributed by atoms with Crippen LogP contribution in [0.1, 0.15) is 104 Å². The summed E-state index contributed by atoms with van der Waals surface area (Å²) in [7, 11) is 0. The molecule has 0 bridgehead atoms. The number of hydrogen-bond acceptors (Lipinski definition) is 0. The number of fused-ring (bicyclic) bond motifs is 3. The molecule has 0 nitrogen and oxygen atoms in total. The quantitative estimate of drug-likeness (QED) is 0.262. The molecule has 0 amide bonds. The van der Waals surface area contributed by atoms with E-state index >= 15 is 0 Å². The van der Waals surface area contributed by atoms with E-state index in [1.807, 2.05) is 6.07 Å². The zero-order chi connectivity index (χ0) is 29.9. The first-order valence-corrected chi connectivity index (χ1v) is 16.0. The molecule has 0 saturated heterocycles. The van der Waals surface area contributed by atoms with E-state index in [1.165, 1.54) is 74.3 Å². The van der Waals surface area contributed by atoms with Crippen LogP contribution >= 0.6 is 0 Å². The maximum absolute atomic E-state index is 3.67. The van der Waals surface area contributed by atoms with Crippen LogP contribution in [0.2, 0.25) is 0 Å². The van der Waals surface area contributed by atoms with E-state index in [-0.39, 0.29) is 35.6 Å². The van der Waals surface area contributed by atoms with Crippen LogP contribution in [0.4, 0.5) is 0 Å². The van der Waals surface area contributed by atoms with Gasteiger partial charge in [-0.15, -0.1) is 11.1 Å². The molecular formula is C39H48Cl2Zr-2. The number of rotatable bonds is 1. The summed E-state index contributed by atoms with van der Waals surface area (Å²) >= 11 is 1.46. The first-order chi connectivity index (χ1) is 18.5. The summed E-state index contributed by atoms with van der Waals surface area (Å²) in [4.78, 5) is 0. The molecule has 42 heavy (non-hydrogen) atoms. The number of halogens is 2. The molecular weight excluding hydrogens is 631 g/mol. The fourth-order valence-corrected chi connectivity index (χ4v) is 5.70. The Morgan fingerprint density at radius 1 is 0.762 bits per heavy atom. The summed E-state index contributed by atoms with van der Waals surface area (Å²) in [6, 6.07) is 25.5. The van der Waals surface area contributed by atoms with Gasteiger partial charge in [0.25, 0.3) is 0 Å². The third kappa shape index (κ3) is 10.3. The SMILES string of the molecule is CC(C)(C)c1[c-]c2c(cc1)-c1ccc(C(C)(C)C)cc1C2.CC1=[C-]C(C)C=C1C(C)(C)C.[Cl-].[Cl-].[Zr+2]=[CH]c1ccccc1. The van der Waals surface area contributed by atoms with E-state index in [0.717, 1.165) is 6.42 Å². The zero-order valence-electron chi connectivity index (χ0n) is 27.5. The predicted octanol–water partition coefficient (Wildman–Crippen LogP) is 4.40. The fourth-order valence-electron chi connectivity index (χ4n) is 5.23. The predicted molar refractivity (Wildman–Crippen MR) is 172 cm³/mol. The minimum absolute atomic E-state index is 0. The summed E-state index contributed by atoms with van der Waals surface area (Å²) in [5, 5.41) is 0. The standard InChI is InChI=1S/C21H25.C11H17.C7H6.2ClH.Zr/c1-20(2,3)16-7-9-18-14(12-16)11-15-13-17(21(4,5)6)8-10-19(15)18;1-8-6-9(2)10(7-8)11(3,4)5;1-7-5-3-2-4-6-7;;;/h7-10,12H,11H2,1-6H3;7-8H,1-5H3;1-6H;2*1H;/q2*-1;;;;+2/p-2. The van der Waals surface area contributed by atoms with Crippen molar-refractivity contribution in [3.05, 3.63) is 118 Å². The summed E-state index contributed by atoms with van der Waals surface area (Å²) < 4.78 is 2.17. The molecule has 3 aromatic carbocycles. The molecule has 3 aromatic rings. The van der Waals surface area contributed by atoms with E-state index in [4.69, 9.17) is 0 Å². The van der Waals surface area contributed by atoms with E-state index in [1.54, 1.807) is 0 Å². The van der Waals surface area contributed by atoms with E-state index in [0.29, 0.717) is 11.3 Å². The van der Waals surface area contributed by atoms with Crippen molar-refractivity contribution in [3.8, 4) is 11.1 Å². The molecule has 0 radical (unpaired) electrons. The van der Waals surface area contributed by atoms with Crippen LogP contribution < -0.4 is 24.8 Å². The molecule has 1 unspecified atom stereocenters. The monoisotopic (exact) mass is 676 g/mol. The summed E-state index contributed by atoms with van der Waals surface area (Å²) in [5.41, 5.74) is 13.1. The van der Waals surface area contributed by atoms with E-state index < -0.39 is 0 Å². The molecule has 3 heteroatoms. The van der Waals surface area contributed by atoms with Gasteiger partial charge in [0.1, 0.15) is 0 Å². The average molecular weight is 679 g/mol. The molecule has 5 rings (SSSR count). The van der Waals surface area contributed by atoms with Crippen LogP contribution in [0.3, 0.4) is 0 Å². The van der Waals surface area contributed by atoms with Crippen molar-refractivity contribution in [2.45, 2.75) is 93.4 Å². The Kier molecular flexibility index (Phi) is 14.2. The van der Waals surface area contributed by atoms with Gasteiger partial charge in [-0.3, -0.25) is 6.08 Å². The molecule has 2 aliphatic carbocycles. The second kappa shape index (κ2) is 15.5. The Bertz CT molecular complexity index is 1330. The molecule has 0 spiro atoms. The summed E-state index contributed by atoms with van der Waals surface area (Å²) in [6.07, 6.45) is 6.74. The normalized spacial score (nSPS) is 15.2. The van der Waals surface area contributed by atoms with Gasteiger partial charge in [0.15, 0.2) is 0 Å². The van der Waals surface area contributed by atoms with Crippen molar-refractivity contribution >= 4 is 3.71 Å². The Morgan fingerprint density at radius 2 is 1.36 bits per heavy atom. The molecule has 0 fully saturated rings. The Labute approximate surface area is 284 Å². The third-order valence-corrected chi connectivity index (χ3v) is 8.32. The minimum atomic E-state index is 0. The molecule has 0 saturated carbocycles. The average Bonchev–Trinajstić information content (AvgIpc) is 3.42. The van der Waals surface area contributed by atoms with Crippen LogP contribution in [-0.2, 0) is 41.5 Å². The Morgan fingerprint density at radius 3 is 1.79 bits per heavy atom. The Hall–Kier alpha value is -1.53. The number of benzene rings is 3. The fraction of sp³-hybridized carbons (Fsp3) is 0.410. The number of allylic oxidation sites excluding steroid dienone is 4. The van der Waals surface area contributed by atoms with Gasteiger partial charge in [-0.1, -0.05) is 111 Å². The van der Waals surface area contributed by atoms with Gasteiger partial charge in [-0.2, -0.15) is 35.4 Å². The molecule has 0 aromatic heterocycles. The third-order valence-electron chi connectivity index (χ3n) is 7.50. The maximum atomic E-state index is 3.67. The van der Waals surface area contributed by atoms with Crippen LogP contribution in [-0.4, -0.2) is 3.71 Å². The second-order valence-electron chi connectivity index (χ2n) is 14.3. The van der Waals surface area contributed by atoms with Gasteiger partial charge in [0.2, 0.25) is 0 Å². The molecule has 224 valence electrons. The molecule has 2 aliphatic rings. The van der Waals surface area contributed by atoms with Gasteiger partial charge in [-0.05, 0) is 28.4 Å². The molecule has 0 aliphatic heterocycles. The van der Waals surface area contributed by atoms with Crippen LogP contribution in [0.25, 0.3) is 11.1 Å². The second-order valence-corrected chi connectivity index (χ2v) is 15.0. The summed E-state index contributed by atoms with van der Waals surface area (Å²) in [5.74, 6) is 0.518. The van der Waals surface area contributed by atoms with Crippen molar-refractivity contribution in [3.63, 3.8) is 0 Å². The van der Waals surface area contributed by atoms with Crippen LogP contribution in [0.5, 0.6) is 0 Å². The van der Waals surface area contributed by atoms with Gasteiger partial charge in [0.05, 0.1) is 0 Å². The van der Waals surface area contributed by atoms with Crippen LogP contribution in [0, 0.1) is 23.5 Å². The molecule has 1 atom stereocenters. The van der Waals surface area contributed by atoms with E-state index in [9.17, 15) is 0 Å². The van der Waals surface area contributed by atoms with Crippen LogP contribution in [0.15, 0.2) is 77.9 Å². The van der Waals surface area contributed by atoms with Crippen molar-refractivity contribution < 1.29 is 49.0 Å². The first-order valence-electron chi connectivity index (χ1n) is 14.6. The van der Waals surface area contributed by atoms with Crippen molar-refractivity contribution in [2.24, 2.45) is 11.3 Å². The van der Waals surface area contributed by atoms with Crippen molar-refractivity contribution in [1.82, 2.24) is 0 Å². The van der Waals surface area contributed by atoms with E-state index in [2.05, 4.69) is 153 Å². The zero-order valence-corrected chi connectivity index (χ0v) is 31.4. The van der Waals surface area contributed by atoms with Crippen molar-refractivity contribution in [2.75, 3.05) is 0 Å². The van der Waals surface area contributed by atoms with Gasteiger partial charge >= 0.3 is 63.8 Å². The van der Waals surface area contributed by atoms with Gasteiger partial charge < -0.3 is 24.8 Å². The molecule has 0 N–H and O–H groups in total.